The van der Waals surface area contributed by atoms with E-state index in [4.69, 9.17) is 4.74 Å². The Bertz CT molecular complexity index is 1470. The summed E-state index contributed by atoms with van der Waals surface area (Å²) < 4.78 is 5.89. The topological polar surface area (TPSA) is 90.0 Å². The van der Waals surface area contributed by atoms with Crippen LogP contribution in [0.5, 0.6) is 11.5 Å². The lowest BCUT2D eigenvalue weighted by Crippen LogP contribution is -2.46. The van der Waals surface area contributed by atoms with Gasteiger partial charge in [0.15, 0.2) is 0 Å². The molecule has 4 aromatic rings. The molecule has 2 aliphatic heterocycles. The fraction of sp³-hybridized carbons (Fsp3) is 0.250. The van der Waals surface area contributed by atoms with Crippen molar-refractivity contribution in [3.05, 3.63) is 71.7 Å². The number of anilines is 3. The molecule has 194 valence electrons. The quantitative estimate of drug-likeness (QED) is 0.360. The second-order valence-electron chi connectivity index (χ2n) is 9.39. The van der Waals surface area contributed by atoms with Gasteiger partial charge in [-0.1, -0.05) is 18.2 Å². The number of nitrogens with one attached hydrogen (secondary N) is 2. The van der Waals surface area contributed by atoms with Crippen LogP contribution in [-0.2, 0) is 0 Å². The van der Waals surface area contributed by atoms with Gasteiger partial charge in [-0.2, -0.15) is 0 Å². The van der Waals surface area contributed by atoms with Crippen LogP contribution in [0.4, 0.5) is 21.9 Å². The van der Waals surface area contributed by atoms with Gasteiger partial charge < -0.3 is 20.3 Å². The molecule has 1 fully saturated rings. The van der Waals surface area contributed by atoms with Crippen LogP contribution in [0.15, 0.2) is 66.9 Å². The van der Waals surface area contributed by atoms with Crippen molar-refractivity contribution in [2.24, 2.45) is 0 Å². The van der Waals surface area contributed by atoms with E-state index in [9.17, 15) is 9.59 Å². The maximum absolute atomic E-state index is 13.3. The first-order chi connectivity index (χ1) is 18.6. The Kier molecular flexibility index (Phi) is 6.67. The standard InChI is InChI=1S/C28H28N6O3S/c1-32-15-17-33(18-16-32)14-13-29-26(35)25-24-23-22(11-12-30-27(23)38-25)34(28(36)31-24)19-7-9-21(10-8-19)37-20-5-3-2-4-6-20/h2-12H,13-18H2,1H3,(H,29,35)(H,31,36). The lowest BCUT2D eigenvalue weighted by atomic mass is 10.1. The number of benzene rings is 2. The van der Waals surface area contributed by atoms with Crippen LogP contribution in [0.25, 0.3) is 10.2 Å². The van der Waals surface area contributed by atoms with Crippen molar-refractivity contribution in [3.63, 3.8) is 0 Å². The monoisotopic (exact) mass is 528 g/mol. The summed E-state index contributed by atoms with van der Waals surface area (Å²) in [4.78, 5) is 38.4. The van der Waals surface area contributed by atoms with E-state index in [-0.39, 0.29) is 11.9 Å². The highest BCUT2D eigenvalue weighted by molar-refractivity contribution is 7.21. The van der Waals surface area contributed by atoms with Gasteiger partial charge in [0.25, 0.3) is 5.91 Å². The number of piperazine rings is 1. The molecule has 4 heterocycles. The molecule has 0 aliphatic carbocycles. The van der Waals surface area contributed by atoms with E-state index in [0.29, 0.717) is 39.1 Å². The molecular formula is C28H28N6O3S. The minimum Gasteiger partial charge on any atom is -0.457 e. The zero-order chi connectivity index (χ0) is 26.1. The molecule has 0 spiro atoms. The minimum absolute atomic E-state index is 0.195. The Morgan fingerprint density at radius 3 is 2.53 bits per heavy atom. The average molecular weight is 529 g/mol. The fourth-order valence-electron chi connectivity index (χ4n) is 4.77. The van der Waals surface area contributed by atoms with Crippen molar-refractivity contribution >= 4 is 50.6 Å². The number of nitrogens with zero attached hydrogens (tertiary/aromatic N) is 4. The van der Waals surface area contributed by atoms with Crippen LogP contribution in [0.3, 0.4) is 0 Å². The highest BCUT2D eigenvalue weighted by atomic mass is 32.1. The number of hydrogen-bond donors (Lipinski definition) is 2. The number of pyridine rings is 1. The normalized spacial score (nSPS) is 15.9. The largest absolute Gasteiger partial charge is 0.457 e. The predicted octanol–water partition coefficient (Wildman–Crippen LogP) is 4.75. The lowest BCUT2D eigenvalue weighted by Gasteiger charge is -2.32. The first-order valence-corrected chi connectivity index (χ1v) is 13.4. The Labute approximate surface area is 224 Å². The van der Waals surface area contributed by atoms with Gasteiger partial charge in [0, 0.05) is 45.5 Å². The number of aromatic nitrogens is 1. The number of amides is 3. The van der Waals surface area contributed by atoms with Crippen molar-refractivity contribution in [2.75, 3.05) is 56.5 Å². The Hall–Kier alpha value is -3.99. The summed E-state index contributed by atoms with van der Waals surface area (Å²) in [5.74, 6) is 1.22. The van der Waals surface area contributed by atoms with E-state index in [0.717, 1.165) is 43.9 Å². The zero-order valence-electron chi connectivity index (χ0n) is 21.0. The van der Waals surface area contributed by atoms with Crippen LogP contribution in [0.2, 0.25) is 0 Å². The number of para-hydroxylation sites is 1. The zero-order valence-corrected chi connectivity index (χ0v) is 21.8. The van der Waals surface area contributed by atoms with E-state index >= 15 is 0 Å². The molecule has 10 heteroatoms. The van der Waals surface area contributed by atoms with Gasteiger partial charge in [0.1, 0.15) is 21.2 Å². The van der Waals surface area contributed by atoms with Gasteiger partial charge >= 0.3 is 6.03 Å². The number of ether oxygens (including phenoxy) is 1. The van der Waals surface area contributed by atoms with E-state index in [2.05, 4.69) is 32.5 Å². The molecule has 38 heavy (non-hydrogen) atoms. The Morgan fingerprint density at radius 2 is 1.76 bits per heavy atom. The highest BCUT2D eigenvalue weighted by Gasteiger charge is 2.32. The van der Waals surface area contributed by atoms with Crippen LogP contribution in [0, 0.1) is 0 Å². The Morgan fingerprint density at radius 1 is 1.03 bits per heavy atom. The van der Waals surface area contributed by atoms with Crippen LogP contribution < -0.4 is 20.3 Å². The maximum atomic E-state index is 13.3. The van der Waals surface area contributed by atoms with E-state index in [1.54, 1.807) is 17.2 Å². The van der Waals surface area contributed by atoms with E-state index in [1.807, 2.05) is 54.6 Å². The molecule has 0 bridgehead atoms. The molecule has 2 aromatic carbocycles. The molecule has 0 radical (unpaired) electrons. The molecule has 0 atom stereocenters. The van der Waals surface area contributed by atoms with Crippen molar-refractivity contribution in [2.45, 2.75) is 0 Å². The average Bonchev–Trinajstić information content (AvgIpc) is 3.31. The maximum Gasteiger partial charge on any atom is 0.331 e. The number of carbonyl (C=O) groups is 2. The molecule has 3 amide bonds. The summed E-state index contributed by atoms with van der Waals surface area (Å²) in [6, 6.07) is 18.4. The molecule has 6 rings (SSSR count). The predicted molar refractivity (Wildman–Crippen MR) is 150 cm³/mol. The fourth-order valence-corrected chi connectivity index (χ4v) is 5.80. The molecule has 1 saturated heterocycles. The second-order valence-corrected chi connectivity index (χ2v) is 10.4. The van der Waals surface area contributed by atoms with Crippen molar-refractivity contribution in [1.29, 1.82) is 0 Å². The number of urea groups is 1. The minimum atomic E-state index is -0.327. The SMILES string of the molecule is CN1CCN(CCNC(=O)c2sc3nccc4c3c2NC(=O)N4c2ccc(Oc3ccccc3)cc2)CC1. The lowest BCUT2D eigenvalue weighted by molar-refractivity contribution is 0.0946. The van der Waals surface area contributed by atoms with Crippen LogP contribution in [-0.4, -0.2) is 73.0 Å². The number of rotatable bonds is 7. The Balaban J connectivity index is 1.21. The first-order valence-electron chi connectivity index (χ1n) is 12.6. The molecule has 2 aromatic heterocycles. The van der Waals surface area contributed by atoms with Crippen molar-refractivity contribution in [1.82, 2.24) is 20.1 Å². The first kappa shape index (κ1) is 24.4. The van der Waals surface area contributed by atoms with Gasteiger partial charge in [-0.25, -0.2) is 9.78 Å². The number of thiophene rings is 1. The van der Waals surface area contributed by atoms with Gasteiger partial charge in [-0.05, 0) is 49.5 Å². The summed E-state index contributed by atoms with van der Waals surface area (Å²) in [6.45, 7) is 5.42. The molecular weight excluding hydrogens is 500 g/mol. The molecule has 0 saturated carbocycles. The molecule has 0 unspecified atom stereocenters. The third-order valence-corrected chi connectivity index (χ3v) is 7.93. The van der Waals surface area contributed by atoms with Crippen molar-refractivity contribution < 1.29 is 14.3 Å². The van der Waals surface area contributed by atoms with Gasteiger partial charge in [-0.15, -0.1) is 11.3 Å². The van der Waals surface area contributed by atoms with Gasteiger partial charge in [0.2, 0.25) is 0 Å². The third kappa shape index (κ3) is 4.81. The van der Waals surface area contributed by atoms with Crippen LogP contribution in [0.1, 0.15) is 9.67 Å². The number of carbonyl (C=O) groups excluding carboxylic acids is 2. The molecule has 9 nitrogen and oxygen atoms in total. The summed E-state index contributed by atoms with van der Waals surface area (Å²) in [7, 11) is 2.12. The number of hydrogen-bond acceptors (Lipinski definition) is 7. The summed E-state index contributed by atoms with van der Waals surface area (Å²) in [6.07, 6.45) is 1.67. The number of likely N-dealkylation sites (N-methyl/N-ethyl adjacent to an activating group) is 1. The highest BCUT2D eigenvalue weighted by Crippen LogP contribution is 2.45. The van der Waals surface area contributed by atoms with Crippen LogP contribution >= 0.6 is 11.3 Å². The van der Waals surface area contributed by atoms with Gasteiger partial charge in [0.05, 0.1) is 22.4 Å². The second kappa shape index (κ2) is 10.4. The van der Waals surface area contributed by atoms with E-state index < -0.39 is 0 Å². The van der Waals surface area contributed by atoms with Crippen molar-refractivity contribution in [3.8, 4) is 11.5 Å². The third-order valence-electron chi connectivity index (χ3n) is 6.84. The summed E-state index contributed by atoms with van der Waals surface area (Å²) in [5, 5.41) is 6.75. The summed E-state index contributed by atoms with van der Waals surface area (Å²) >= 11 is 1.30. The van der Waals surface area contributed by atoms with Gasteiger partial charge in [-0.3, -0.25) is 14.6 Å². The molecule has 2 N–H and O–H groups in total. The summed E-state index contributed by atoms with van der Waals surface area (Å²) in [5.41, 5.74) is 1.90. The molecule has 2 aliphatic rings. The van der Waals surface area contributed by atoms with E-state index in [1.165, 1.54) is 11.3 Å². The smallest absolute Gasteiger partial charge is 0.331 e.